The summed E-state index contributed by atoms with van der Waals surface area (Å²) in [6.45, 7) is 3.65. The van der Waals surface area contributed by atoms with Gasteiger partial charge in [0, 0.05) is 13.1 Å². The molecule has 0 spiro atoms. The second-order valence-electron chi connectivity index (χ2n) is 5.02. The minimum absolute atomic E-state index is 0.188. The molecule has 1 aromatic heterocycles. The number of para-hydroxylation sites is 1. The summed E-state index contributed by atoms with van der Waals surface area (Å²) >= 11 is 1.69. The van der Waals surface area contributed by atoms with E-state index in [1.807, 2.05) is 0 Å². The monoisotopic (exact) mass is 276 g/mol. The third-order valence-corrected chi connectivity index (χ3v) is 4.81. The fraction of sp³-hybridized carbons (Fsp3) is 0.429. The molecule has 4 nitrogen and oxygen atoms in total. The van der Waals surface area contributed by atoms with Crippen LogP contribution in [0.1, 0.15) is 18.4 Å². The Morgan fingerprint density at radius 1 is 1.42 bits per heavy atom. The number of hydrogen-bond acceptors (Lipinski definition) is 4. The predicted octanol–water partition coefficient (Wildman–Crippen LogP) is 2.91. The van der Waals surface area contributed by atoms with Crippen molar-refractivity contribution in [2.45, 2.75) is 19.8 Å². The molecule has 19 heavy (non-hydrogen) atoms. The van der Waals surface area contributed by atoms with E-state index < -0.39 is 5.97 Å². The minimum Gasteiger partial charge on any atom is -0.481 e. The molecule has 2 heterocycles. The number of carbonyl (C=O) groups is 1. The van der Waals surface area contributed by atoms with Crippen LogP contribution in [-0.4, -0.2) is 29.1 Å². The van der Waals surface area contributed by atoms with Gasteiger partial charge < -0.3 is 10.0 Å². The van der Waals surface area contributed by atoms with E-state index in [4.69, 9.17) is 10.1 Å². The first kappa shape index (κ1) is 12.4. The van der Waals surface area contributed by atoms with Crippen molar-refractivity contribution in [3.63, 3.8) is 0 Å². The summed E-state index contributed by atoms with van der Waals surface area (Å²) in [6.07, 6.45) is 1.43. The molecule has 1 N–H and O–H groups in total. The summed E-state index contributed by atoms with van der Waals surface area (Å²) in [5.74, 6) is -0.854. The highest BCUT2D eigenvalue weighted by Gasteiger charge is 2.26. The van der Waals surface area contributed by atoms with Gasteiger partial charge in [-0.2, -0.15) is 0 Å². The van der Waals surface area contributed by atoms with Crippen molar-refractivity contribution in [2.75, 3.05) is 18.0 Å². The highest BCUT2D eigenvalue weighted by atomic mass is 32.1. The van der Waals surface area contributed by atoms with Crippen LogP contribution in [0.5, 0.6) is 0 Å². The van der Waals surface area contributed by atoms with Gasteiger partial charge in [0.05, 0.1) is 16.1 Å². The maximum absolute atomic E-state index is 11.0. The highest BCUT2D eigenvalue weighted by molar-refractivity contribution is 7.22. The van der Waals surface area contributed by atoms with E-state index >= 15 is 0 Å². The molecule has 1 saturated heterocycles. The van der Waals surface area contributed by atoms with Crippen LogP contribution < -0.4 is 4.90 Å². The lowest BCUT2D eigenvalue weighted by Crippen LogP contribution is -2.36. The third kappa shape index (κ3) is 2.30. The van der Waals surface area contributed by atoms with Crippen molar-refractivity contribution in [2.24, 2.45) is 5.92 Å². The smallest absolute Gasteiger partial charge is 0.306 e. The highest BCUT2D eigenvalue weighted by Crippen LogP contribution is 2.32. The SMILES string of the molecule is Cc1cccc2sc(N3CCC(C(=O)O)CC3)nc12. The third-order valence-electron chi connectivity index (χ3n) is 3.72. The molecule has 1 aromatic carbocycles. The first-order valence-corrected chi connectivity index (χ1v) is 7.30. The Kier molecular flexibility index (Phi) is 3.14. The second-order valence-corrected chi connectivity index (χ2v) is 6.03. The summed E-state index contributed by atoms with van der Waals surface area (Å²) in [5.41, 5.74) is 2.27. The van der Waals surface area contributed by atoms with Gasteiger partial charge in [0.1, 0.15) is 0 Å². The molecule has 0 radical (unpaired) electrons. The first-order valence-electron chi connectivity index (χ1n) is 6.49. The number of aliphatic carboxylic acids is 1. The van der Waals surface area contributed by atoms with Crippen LogP contribution in [0.15, 0.2) is 18.2 Å². The molecule has 5 heteroatoms. The van der Waals surface area contributed by atoms with Crippen molar-refractivity contribution in [1.29, 1.82) is 0 Å². The number of aryl methyl sites for hydroxylation is 1. The van der Waals surface area contributed by atoms with Gasteiger partial charge in [-0.05, 0) is 31.4 Å². The summed E-state index contributed by atoms with van der Waals surface area (Å²) in [4.78, 5) is 17.9. The normalized spacial score (nSPS) is 17.0. The molecule has 3 rings (SSSR count). The standard InChI is InChI=1S/C14H16N2O2S/c1-9-3-2-4-11-12(9)15-14(19-11)16-7-5-10(6-8-16)13(17)18/h2-4,10H,5-8H2,1H3,(H,17,18). The molecule has 2 aromatic rings. The molecule has 0 amide bonds. The van der Waals surface area contributed by atoms with E-state index in [0.29, 0.717) is 12.8 Å². The number of carboxylic acid groups (broad SMARTS) is 1. The number of nitrogens with zero attached hydrogens (tertiary/aromatic N) is 2. The quantitative estimate of drug-likeness (QED) is 0.916. The number of aromatic nitrogens is 1. The van der Waals surface area contributed by atoms with Crippen LogP contribution >= 0.6 is 11.3 Å². The summed E-state index contributed by atoms with van der Waals surface area (Å²) in [5, 5.41) is 10.0. The summed E-state index contributed by atoms with van der Waals surface area (Å²) in [7, 11) is 0. The van der Waals surface area contributed by atoms with Crippen LogP contribution in [-0.2, 0) is 4.79 Å². The van der Waals surface area contributed by atoms with Gasteiger partial charge in [0.2, 0.25) is 0 Å². The molecule has 1 aliphatic heterocycles. The molecule has 1 aliphatic rings. The van der Waals surface area contributed by atoms with Gasteiger partial charge >= 0.3 is 5.97 Å². The lowest BCUT2D eigenvalue weighted by molar-refractivity contribution is -0.142. The van der Waals surface area contributed by atoms with E-state index in [-0.39, 0.29) is 5.92 Å². The van der Waals surface area contributed by atoms with Gasteiger partial charge in [-0.3, -0.25) is 4.79 Å². The number of fused-ring (bicyclic) bond motifs is 1. The second kappa shape index (κ2) is 4.81. The number of carboxylic acids is 1. The van der Waals surface area contributed by atoms with E-state index in [0.717, 1.165) is 23.7 Å². The summed E-state index contributed by atoms with van der Waals surface area (Å²) < 4.78 is 1.20. The van der Waals surface area contributed by atoms with E-state index in [9.17, 15) is 4.79 Å². The van der Waals surface area contributed by atoms with Crippen molar-refractivity contribution in [3.05, 3.63) is 23.8 Å². The molecular formula is C14H16N2O2S. The number of piperidine rings is 1. The van der Waals surface area contributed by atoms with Crippen LogP contribution in [0.25, 0.3) is 10.2 Å². The Morgan fingerprint density at radius 3 is 2.79 bits per heavy atom. The van der Waals surface area contributed by atoms with E-state index in [1.54, 1.807) is 11.3 Å². The molecule has 1 fully saturated rings. The van der Waals surface area contributed by atoms with Crippen LogP contribution in [0.3, 0.4) is 0 Å². The lowest BCUT2D eigenvalue weighted by atomic mass is 9.98. The molecule has 0 unspecified atom stereocenters. The molecule has 0 bridgehead atoms. The van der Waals surface area contributed by atoms with Crippen molar-refractivity contribution < 1.29 is 9.90 Å². The van der Waals surface area contributed by atoms with Crippen LogP contribution in [0.2, 0.25) is 0 Å². The first-order chi connectivity index (χ1) is 9.15. The maximum Gasteiger partial charge on any atom is 0.306 e. The van der Waals surface area contributed by atoms with Crippen molar-refractivity contribution in [1.82, 2.24) is 4.98 Å². The minimum atomic E-state index is -0.667. The maximum atomic E-state index is 11.0. The average molecular weight is 276 g/mol. The Labute approximate surface area is 115 Å². The average Bonchev–Trinajstić information content (AvgIpc) is 2.84. The molecule has 100 valence electrons. The predicted molar refractivity (Wildman–Crippen MR) is 76.9 cm³/mol. The van der Waals surface area contributed by atoms with Crippen molar-refractivity contribution in [3.8, 4) is 0 Å². The van der Waals surface area contributed by atoms with Gasteiger partial charge in [-0.25, -0.2) is 4.98 Å². The zero-order valence-corrected chi connectivity index (χ0v) is 11.6. The number of thiazole rings is 1. The Bertz CT molecular complexity index is 615. The fourth-order valence-corrected chi connectivity index (χ4v) is 3.62. The van der Waals surface area contributed by atoms with E-state index in [2.05, 4.69) is 30.0 Å². The van der Waals surface area contributed by atoms with Gasteiger partial charge in [0.15, 0.2) is 5.13 Å². The Balaban J connectivity index is 1.82. The molecule has 0 aliphatic carbocycles. The van der Waals surface area contributed by atoms with Crippen molar-refractivity contribution >= 4 is 32.7 Å². The van der Waals surface area contributed by atoms with E-state index in [1.165, 1.54) is 10.3 Å². The lowest BCUT2D eigenvalue weighted by Gasteiger charge is -2.29. The number of rotatable bonds is 2. The fourth-order valence-electron chi connectivity index (χ4n) is 2.53. The number of anilines is 1. The zero-order chi connectivity index (χ0) is 13.4. The van der Waals surface area contributed by atoms with Gasteiger partial charge in [-0.15, -0.1) is 0 Å². The Hall–Kier alpha value is -1.62. The van der Waals surface area contributed by atoms with Gasteiger partial charge in [0.25, 0.3) is 0 Å². The number of benzene rings is 1. The number of hydrogen-bond donors (Lipinski definition) is 1. The topological polar surface area (TPSA) is 53.4 Å². The zero-order valence-electron chi connectivity index (χ0n) is 10.8. The molecule has 0 atom stereocenters. The summed E-state index contributed by atoms with van der Waals surface area (Å²) in [6, 6.07) is 6.21. The van der Waals surface area contributed by atoms with Gasteiger partial charge in [-0.1, -0.05) is 23.5 Å². The molecular weight excluding hydrogens is 260 g/mol. The largest absolute Gasteiger partial charge is 0.481 e. The Morgan fingerprint density at radius 2 is 2.16 bits per heavy atom. The molecule has 0 saturated carbocycles. The van der Waals surface area contributed by atoms with Crippen LogP contribution in [0.4, 0.5) is 5.13 Å². The van der Waals surface area contributed by atoms with Crippen LogP contribution in [0, 0.1) is 12.8 Å².